The molecule has 1 aliphatic carbocycles. The van der Waals surface area contributed by atoms with Gasteiger partial charge >= 0.3 is 11.9 Å². The first kappa shape index (κ1) is 26.8. The van der Waals surface area contributed by atoms with Crippen LogP contribution in [0.3, 0.4) is 0 Å². The third-order valence-corrected chi connectivity index (χ3v) is 6.74. The molecule has 2 aromatic rings. The van der Waals surface area contributed by atoms with Crippen LogP contribution in [0.15, 0.2) is 30.5 Å². The van der Waals surface area contributed by atoms with E-state index in [-0.39, 0.29) is 12.8 Å². The smallest absolute Gasteiger partial charge is 0.303 e. The zero-order valence-electron chi connectivity index (χ0n) is 20.2. The van der Waals surface area contributed by atoms with Crippen molar-refractivity contribution in [3.8, 4) is 0 Å². The van der Waals surface area contributed by atoms with Crippen LogP contribution in [-0.2, 0) is 22.4 Å². The lowest BCUT2D eigenvalue weighted by atomic mass is 9.95. The maximum absolute atomic E-state index is 9.64. The number of pyridine rings is 1. The second-order valence-corrected chi connectivity index (χ2v) is 9.42. The van der Waals surface area contributed by atoms with Gasteiger partial charge in [0.15, 0.2) is 0 Å². The van der Waals surface area contributed by atoms with Crippen molar-refractivity contribution in [3.05, 3.63) is 46.6 Å². The number of carboxylic acids is 2. The molecule has 2 heterocycles. The van der Waals surface area contributed by atoms with E-state index in [0.717, 1.165) is 48.1 Å². The first-order valence-corrected chi connectivity index (χ1v) is 12.6. The molecular formula is C26H35ClN4O4. The largest absolute Gasteiger partial charge is 0.481 e. The summed E-state index contributed by atoms with van der Waals surface area (Å²) in [4.78, 5) is 26.1. The molecule has 0 bridgehead atoms. The van der Waals surface area contributed by atoms with E-state index in [1.807, 2.05) is 12.3 Å². The summed E-state index contributed by atoms with van der Waals surface area (Å²) >= 11 is 6.62. The molecule has 1 aromatic carbocycles. The summed E-state index contributed by atoms with van der Waals surface area (Å²) in [5, 5.41) is 23.7. The van der Waals surface area contributed by atoms with E-state index in [2.05, 4.69) is 45.8 Å². The topological polar surface area (TPSA) is 115 Å². The third-order valence-electron chi connectivity index (χ3n) is 6.43. The summed E-state index contributed by atoms with van der Waals surface area (Å²) in [6.45, 7) is 2.03. The minimum Gasteiger partial charge on any atom is -0.481 e. The minimum absolute atomic E-state index is 0.296. The molecule has 0 saturated heterocycles. The fourth-order valence-corrected chi connectivity index (χ4v) is 4.86. The predicted octanol–water partition coefficient (Wildman–Crippen LogP) is 4.87. The number of carboxylic acid groups (broad SMARTS) is 2. The lowest BCUT2D eigenvalue weighted by molar-refractivity contribution is -0.143. The Labute approximate surface area is 211 Å². The van der Waals surface area contributed by atoms with Gasteiger partial charge in [0.25, 0.3) is 0 Å². The normalized spacial score (nSPS) is 15.7. The Morgan fingerprint density at radius 2 is 1.74 bits per heavy atom. The average molecular weight is 503 g/mol. The fraction of sp³-hybridized carbons (Fsp3) is 0.500. The minimum atomic E-state index is -1.08. The van der Waals surface area contributed by atoms with Gasteiger partial charge in [-0.15, -0.1) is 0 Å². The number of anilines is 3. The van der Waals surface area contributed by atoms with Crippen molar-refractivity contribution in [1.29, 1.82) is 0 Å². The molecule has 4 N–H and O–H groups in total. The van der Waals surface area contributed by atoms with Crippen LogP contribution in [0.5, 0.6) is 0 Å². The van der Waals surface area contributed by atoms with E-state index in [9.17, 15) is 9.59 Å². The number of nitrogens with one attached hydrogen (secondary N) is 2. The lowest BCUT2D eigenvalue weighted by Crippen LogP contribution is -2.22. The fourth-order valence-electron chi connectivity index (χ4n) is 4.56. The Morgan fingerprint density at radius 3 is 2.37 bits per heavy atom. The van der Waals surface area contributed by atoms with Crippen molar-refractivity contribution < 1.29 is 19.8 Å². The number of carbonyl (C=O) groups is 2. The van der Waals surface area contributed by atoms with Crippen LogP contribution in [0.4, 0.5) is 17.2 Å². The van der Waals surface area contributed by atoms with Crippen molar-refractivity contribution in [2.24, 2.45) is 0 Å². The second-order valence-electron chi connectivity index (χ2n) is 9.01. The number of fused-ring (bicyclic) bond motifs is 1. The Balaban J connectivity index is 0.000000371. The van der Waals surface area contributed by atoms with E-state index in [1.165, 1.54) is 43.2 Å². The number of nitrogens with zero attached hydrogens (tertiary/aromatic N) is 2. The predicted molar refractivity (Wildman–Crippen MR) is 139 cm³/mol. The Kier molecular flexibility index (Phi) is 10.2. The summed E-state index contributed by atoms with van der Waals surface area (Å²) in [5.41, 5.74) is 4.94. The van der Waals surface area contributed by atoms with Gasteiger partial charge in [0, 0.05) is 13.1 Å². The van der Waals surface area contributed by atoms with Gasteiger partial charge in [-0.25, -0.2) is 4.98 Å². The van der Waals surface area contributed by atoms with Crippen LogP contribution in [0.1, 0.15) is 56.1 Å². The molecule has 0 spiro atoms. The molecule has 0 amide bonds. The molecule has 1 fully saturated rings. The standard InChI is InChI=1S/C22H29ClN4.C4H6O4/c1-27(22-19-12-14-24-13-11-16(19)7-9-20(22)23)18-8-10-21(25-15-18)26-17-5-3-2-4-6-17;5-3(6)1-2-4(7)8/h7-10,15,17,24H,2-6,11-14H2,1H3,(H,25,26);1-2H2,(H,5,6)(H,7,8). The van der Waals surface area contributed by atoms with Crippen LogP contribution < -0.4 is 15.5 Å². The molecule has 190 valence electrons. The maximum Gasteiger partial charge on any atom is 0.303 e. The summed E-state index contributed by atoms with van der Waals surface area (Å²) < 4.78 is 0. The number of hydrogen-bond acceptors (Lipinski definition) is 6. The molecule has 1 saturated carbocycles. The maximum atomic E-state index is 9.64. The SMILES string of the molecule is CN(c1ccc(NC2CCCCC2)nc1)c1c(Cl)ccc2c1CCNCC2.O=C(O)CCC(=O)O. The van der Waals surface area contributed by atoms with Crippen LogP contribution in [0.2, 0.25) is 5.02 Å². The quantitative estimate of drug-likeness (QED) is 0.424. The molecule has 1 aliphatic heterocycles. The van der Waals surface area contributed by atoms with Crippen molar-refractivity contribution in [2.45, 2.75) is 63.8 Å². The summed E-state index contributed by atoms with van der Waals surface area (Å²) in [6, 6.07) is 9.02. The lowest BCUT2D eigenvalue weighted by Gasteiger charge is -2.26. The van der Waals surface area contributed by atoms with Crippen LogP contribution in [0.25, 0.3) is 0 Å². The van der Waals surface area contributed by atoms with E-state index in [4.69, 9.17) is 21.8 Å². The van der Waals surface area contributed by atoms with E-state index >= 15 is 0 Å². The molecule has 35 heavy (non-hydrogen) atoms. The molecule has 4 rings (SSSR count). The van der Waals surface area contributed by atoms with Gasteiger partial charge in [-0.2, -0.15) is 0 Å². The third kappa shape index (κ3) is 8.11. The van der Waals surface area contributed by atoms with Crippen LogP contribution >= 0.6 is 11.6 Å². The van der Waals surface area contributed by atoms with Gasteiger partial charge in [-0.3, -0.25) is 9.59 Å². The molecular weight excluding hydrogens is 468 g/mol. The number of benzene rings is 1. The monoisotopic (exact) mass is 502 g/mol. The number of aromatic nitrogens is 1. The Bertz CT molecular complexity index is 980. The first-order valence-electron chi connectivity index (χ1n) is 12.3. The van der Waals surface area contributed by atoms with Crippen molar-refractivity contribution >= 4 is 40.7 Å². The molecule has 8 nitrogen and oxygen atoms in total. The molecule has 0 unspecified atom stereocenters. The summed E-state index contributed by atoms with van der Waals surface area (Å²) in [6.07, 6.45) is 9.94. The number of rotatable bonds is 7. The highest BCUT2D eigenvalue weighted by Crippen LogP contribution is 2.37. The van der Waals surface area contributed by atoms with Gasteiger partial charge in [-0.05, 0) is 68.1 Å². The van der Waals surface area contributed by atoms with Gasteiger partial charge < -0.3 is 25.7 Å². The Morgan fingerprint density at radius 1 is 1.06 bits per heavy atom. The van der Waals surface area contributed by atoms with Gasteiger partial charge in [-0.1, -0.05) is 36.9 Å². The van der Waals surface area contributed by atoms with Crippen LogP contribution in [0, 0.1) is 0 Å². The first-order chi connectivity index (χ1) is 16.8. The Hall–Kier alpha value is -2.84. The second kappa shape index (κ2) is 13.3. The summed E-state index contributed by atoms with van der Waals surface area (Å²) in [7, 11) is 2.09. The van der Waals surface area contributed by atoms with Gasteiger partial charge in [0.2, 0.25) is 0 Å². The zero-order valence-corrected chi connectivity index (χ0v) is 21.0. The molecule has 1 aromatic heterocycles. The number of hydrogen-bond donors (Lipinski definition) is 4. The van der Waals surface area contributed by atoms with E-state index in [0.29, 0.717) is 6.04 Å². The van der Waals surface area contributed by atoms with Gasteiger partial charge in [0.1, 0.15) is 5.82 Å². The molecule has 0 radical (unpaired) electrons. The molecule has 2 aliphatic rings. The highest BCUT2D eigenvalue weighted by Gasteiger charge is 2.19. The average Bonchev–Trinajstić information content (AvgIpc) is 3.09. The zero-order chi connectivity index (χ0) is 25.2. The van der Waals surface area contributed by atoms with Crippen molar-refractivity contribution in [2.75, 3.05) is 30.4 Å². The summed E-state index contributed by atoms with van der Waals surface area (Å²) in [5.74, 6) is -1.18. The van der Waals surface area contributed by atoms with Crippen molar-refractivity contribution in [1.82, 2.24) is 10.3 Å². The highest BCUT2D eigenvalue weighted by atomic mass is 35.5. The van der Waals surface area contributed by atoms with E-state index < -0.39 is 11.9 Å². The number of halogens is 1. The van der Waals surface area contributed by atoms with Crippen molar-refractivity contribution in [3.63, 3.8) is 0 Å². The van der Waals surface area contributed by atoms with Crippen LogP contribution in [-0.4, -0.2) is 53.3 Å². The number of aliphatic carboxylic acids is 2. The van der Waals surface area contributed by atoms with Gasteiger partial charge in [0.05, 0.1) is 35.4 Å². The van der Waals surface area contributed by atoms with E-state index in [1.54, 1.807) is 0 Å². The molecule has 0 atom stereocenters. The molecule has 9 heteroatoms. The highest BCUT2D eigenvalue weighted by molar-refractivity contribution is 6.33.